The molecule has 0 unspecified atom stereocenters. The van der Waals surface area contributed by atoms with Crippen LogP contribution in [0.1, 0.15) is 23.0 Å². The largest absolute Gasteiger partial charge is 0.422 e. The van der Waals surface area contributed by atoms with Gasteiger partial charge in [-0.1, -0.05) is 19.1 Å². The highest BCUT2D eigenvalue weighted by atomic mass is 32.1. The lowest BCUT2D eigenvalue weighted by atomic mass is 10.3. The molecule has 2 aromatic rings. The van der Waals surface area contributed by atoms with E-state index in [1.165, 1.54) is 11.3 Å². The first-order chi connectivity index (χ1) is 8.79. The van der Waals surface area contributed by atoms with Crippen LogP contribution >= 0.6 is 11.3 Å². The Kier molecular flexibility index (Phi) is 4.36. The molecule has 0 aliphatic carbocycles. The lowest BCUT2D eigenvalue weighted by molar-refractivity contribution is 0.0740. The minimum Gasteiger partial charge on any atom is -0.422 e. The van der Waals surface area contributed by atoms with Gasteiger partial charge < -0.3 is 10.1 Å². The summed E-state index contributed by atoms with van der Waals surface area (Å²) in [6, 6.07) is 11.0. The van der Waals surface area contributed by atoms with Gasteiger partial charge in [0, 0.05) is 18.3 Å². The Morgan fingerprint density at radius 1 is 1.33 bits per heavy atom. The van der Waals surface area contributed by atoms with Gasteiger partial charge in [-0.05, 0) is 30.0 Å². The zero-order valence-corrected chi connectivity index (χ0v) is 11.0. The van der Waals surface area contributed by atoms with Crippen LogP contribution in [0.5, 0.6) is 5.75 Å². The summed E-state index contributed by atoms with van der Waals surface area (Å²) in [5, 5.41) is 5.11. The van der Waals surface area contributed by atoms with Crippen molar-refractivity contribution in [2.75, 3.05) is 11.9 Å². The minimum absolute atomic E-state index is 0.308. The number of rotatable bonds is 5. The molecule has 1 N–H and O–H groups in total. The van der Waals surface area contributed by atoms with Crippen LogP contribution in [0.3, 0.4) is 0 Å². The molecule has 0 aliphatic rings. The highest BCUT2D eigenvalue weighted by Gasteiger charge is 2.09. The van der Waals surface area contributed by atoms with Crippen LogP contribution in [0.4, 0.5) is 5.69 Å². The second-order valence-corrected chi connectivity index (χ2v) is 4.77. The summed E-state index contributed by atoms with van der Waals surface area (Å²) in [6.07, 6.45) is 1.05. The summed E-state index contributed by atoms with van der Waals surface area (Å²) in [4.78, 5) is 12.4. The van der Waals surface area contributed by atoms with Crippen LogP contribution in [0.2, 0.25) is 0 Å². The van der Waals surface area contributed by atoms with Gasteiger partial charge in [-0.15, -0.1) is 11.3 Å². The summed E-state index contributed by atoms with van der Waals surface area (Å²) in [5.74, 6) is 0.257. The average molecular weight is 261 g/mol. The zero-order valence-electron chi connectivity index (χ0n) is 10.2. The van der Waals surface area contributed by atoms with Gasteiger partial charge in [0.15, 0.2) is 0 Å². The predicted molar refractivity (Wildman–Crippen MR) is 74.5 cm³/mol. The van der Waals surface area contributed by atoms with Gasteiger partial charge in [0.2, 0.25) is 0 Å². The van der Waals surface area contributed by atoms with E-state index in [-0.39, 0.29) is 5.97 Å². The second-order valence-electron chi connectivity index (χ2n) is 3.82. The third kappa shape index (κ3) is 3.34. The molecule has 1 heterocycles. The van der Waals surface area contributed by atoms with E-state index >= 15 is 0 Å². The van der Waals surface area contributed by atoms with Crippen molar-refractivity contribution in [3.05, 3.63) is 46.7 Å². The van der Waals surface area contributed by atoms with Crippen molar-refractivity contribution in [1.82, 2.24) is 0 Å². The molecule has 4 heteroatoms. The normalized spacial score (nSPS) is 10.1. The summed E-state index contributed by atoms with van der Waals surface area (Å²) >= 11 is 1.38. The van der Waals surface area contributed by atoms with Crippen molar-refractivity contribution < 1.29 is 9.53 Å². The number of anilines is 1. The van der Waals surface area contributed by atoms with Crippen LogP contribution in [0.25, 0.3) is 0 Å². The minimum atomic E-state index is -0.308. The molecule has 0 saturated heterocycles. The van der Waals surface area contributed by atoms with Crippen LogP contribution in [0.15, 0.2) is 41.8 Å². The summed E-state index contributed by atoms with van der Waals surface area (Å²) in [5.41, 5.74) is 0.966. The van der Waals surface area contributed by atoms with Crippen LogP contribution in [0, 0.1) is 0 Å². The van der Waals surface area contributed by atoms with E-state index < -0.39 is 0 Å². The number of nitrogens with one attached hydrogen (secondary N) is 1. The monoisotopic (exact) mass is 261 g/mol. The first-order valence-corrected chi connectivity index (χ1v) is 6.77. The third-order valence-corrected chi connectivity index (χ3v) is 3.20. The first-order valence-electron chi connectivity index (χ1n) is 5.89. The fourth-order valence-electron chi connectivity index (χ4n) is 1.49. The predicted octanol–water partition coefficient (Wildman–Crippen LogP) is 3.79. The molecule has 2 rings (SSSR count). The Balaban J connectivity index is 2.03. The molecule has 94 valence electrons. The van der Waals surface area contributed by atoms with Crippen molar-refractivity contribution in [1.29, 1.82) is 0 Å². The van der Waals surface area contributed by atoms with Crippen molar-refractivity contribution in [3.8, 4) is 5.75 Å². The van der Waals surface area contributed by atoms with E-state index in [0.29, 0.717) is 10.6 Å². The molecular weight excluding hydrogens is 246 g/mol. The number of esters is 1. The Morgan fingerprint density at radius 2 is 2.22 bits per heavy atom. The van der Waals surface area contributed by atoms with E-state index in [1.807, 2.05) is 29.6 Å². The number of benzene rings is 1. The Hall–Kier alpha value is -1.81. The highest BCUT2D eigenvalue weighted by Crippen LogP contribution is 2.19. The summed E-state index contributed by atoms with van der Waals surface area (Å²) in [7, 11) is 0. The van der Waals surface area contributed by atoms with Crippen LogP contribution < -0.4 is 10.1 Å². The van der Waals surface area contributed by atoms with Gasteiger partial charge in [0.25, 0.3) is 0 Å². The lowest BCUT2D eigenvalue weighted by Crippen LogP contribution is -2.07. The van der Waals surface area contributed by atoms with Gasteiger partial charge in [0.05, 0.1) is 0 Å². The number of hydrogen-bond donors (Lipinski definition) is 1. The molecule has 0 spiro atoms. The van der Waals surface area contributed by atoms with Crippen LogP contribution in [-0.2, 0) is 0 Å². The zero-order chi connectivity index (χ0) is 12.8. The molecule has 0 atom stereocenters. The first kappa shape index (κ1) is 12.6. The molecule has 0 saturated carbocycles. The van der Waals surface area contributed by atoms with Gasteiger partial charge in [-0.25, -0.2) is 4.79 Å². The van der Waals surface area contributed by atoms with E-state index in [9.17, 15) is 4.79 Å². The van der Waals surface area contributed by atoms with Gasteiger partial charge in [0.1, 0.15) is 10.6 Å². The standard InChI is InChI=1S/C14H15NO2S/c1-2-8-15-11-5-3-6-12(10-11)17-14(16)13-7-4-9-18-13/h3-7,9-10,15H,2,8H2,1H3. The molecule has 0 aliphatic heterocycles. The fraction of sp³-hybridized carbons (Fsp3) is 0.214. The quantitative estimate of drug-likeness (QED) is 0.657. The number of thiophene rings is 1. The van der Waals surface area contributed by atoms with Gasteiger partial charge in [-0.3, -0.25) is 0 Å². The molecule has 3 nitrogen and oxygen atoms in total. The molecule has 18 heavy (non-hydrogen) atoms. The molecule has 0 bridgehead atoms. The SMILES string of the molecule is CCCNc1cccc(OC(=O)c2cccs2)c1. The van der Waals surface area contributed by atoms with Crippen molar-refractivity contribution in [2.24, 2.45) is 0 Å². The van der Waals surface area contributed by atoms with E-state index in [0.717, 1.165) is 18.7 Å². The molecular formula is C14H15NO2S. The topological polar surface area (TPSA) is 38.3 Å². The van der Waals surface area contributed by atoms with Crippen molar-refractivity contribution >= 4 is 23.0 Å². The third-order valence-electron chi connectivity index (χ3n) is 2.35. The van der Waals surface area contributed by atoms with Gasteiger partial charge in [-0.2, -0.15) is 0 Å². The maximum Gasteiger partial charge on any atom is 0.353 e. The maximum atomic E-state index is 11.8. The Labute approximate surface area is 110 Å². The molecule has 0 radical (unpaired) electrons. The Morgan fingerprint density at radius 3 is 2.94 bits per heavy atom. The second kappa shape index (κ2) is 6.21. The average Bonchev–Trinajstić information content (AvgIpc) is 2.91. The van der Waals surface area contributed by atoms with Gasteiger partial charge >= 0.3 is 5.97 Å². The molecule has 0 fully saturated rings. The van der Waals surface area contributed by atoms with Crippen molar-refractivity contribution in [2.45, 2.75) is 13.3 Å². The van der Waals surface area contributed by atoms with Crippen molar-refractivity contribution in [3.63, 3.8) is 0 Å². The lowest BCUT2D eigenvalue weighted by Gasteiger charge is -2.07. The maximum absolute atomic E-state index is 11.8. The van der Waals surface area contributed by atoms with E-state index in [4.69, 9.17) is 4.74 Å². The molecule has 0 amide bonds. The summed E-state index contributed by atoms with van der Waals surface area (Å²) < 4.78 is 5.31. The number of ether oxygens (including phenoxy) is 1. The van der Waals surface area contributed by atoms with E-state index in [2.05, 4.69) is 12.2 Å². The number of carbonyl (C=O) groups is 1. The van der Waals surface area contributed by atoms with E-state index in [1.54, 1.807) is 12.1 Å². The van der Waals surface area contributed by atoms with Crippen LogP contribution in [-0.4, -0.2) is 12.5 Å². The number of hydrogen-bond acceptors (Lipinski definition) is 4. The fourth-order valence-corrected chi connectivity index (χ4v) is 2.09. The smallest absolute Gasteiger partial charge is 0.353 e. The molecule has 1 aromatic heterocycles. The highest BCUT2D eigenvalue weighted by molar-refractivity contribution is 7.12. The Bertz CT molecular complexity index is 508. The summed E-state index contributed by atoms with van der Waals surface area (Å²) in [6.45, 7) is 3.01. The number of carbonyl (C=O) groups excluding carboxylic acids is 1. The molecule has 1 aromatic carbocycles.